The highest BCUT2D eigenvalue weighted by atomic mass is 19.1. The molecule has 0 bridgehead atoms. The van der Waals surface area contributed by atoms with Crippen molar-refractivity contribution in [3.05, 3.63) is 30.3 Å². The van der Waals surface area contributed by atoms with Gasteiger partial charge in [0.25, 0.3) is 0 Å². The topological polar surface area (TPSA) is 42.0 Å². The molecule has 19 heavy (non-hydrogen) atoms. The van der Waals surface area contributed by atoms with E-state index in [0.717, 1.165) is 5.69 Å². The number of para-hydroxylation sites is 1. The van der Waals surface area contributed by atoms with Crippen LogP contribution in [0.25, 0.3) is 0 Å². The molecule has 2 heterocycles. The van der Waals surface area contributed by atoms with E-state index in [1.807, 2.05) is 35.2 Å². The first-order valence-electron chi connectivity index (χ1n) is 6.26. The van der Waals surface area contributed by atoms with Gasteiger partial charge in [0.2, 0.25) is 6.36 Å². The van der Waals surface area contributed by atoms with Crippen molar-refractivity contribution in [2.75, 3.05) is 31.2 Å². The molecule has 2 saturated heterocycles. The largest absolute Gasteiger partial charge is 0.445 e. The molecule has 0 aromatic heterocycles. The zero-order valence-electron chi connectivity index (χ0n) is 10.4. The fraction of sp³-hybridized carbons (Fsp3) is 0.462. The van der Waals surface area contributed by atoms with Gasteiger partial charge in [0, 0.05) is 12.2 Å². The Kier molecular flexibility index (Phi) is 3.35. The van der Waals surface area contributed by atoms with Crippen LogP contribution in [0.3, 0.4) is 0 Å². The van der Waals surface area contributed by atoms with E-state index >= 15 is 0 Å². The van der Waals surface area contributed by atoms with Gasteiger partial charge in [-0.1, -0.05) is 18.2 Å². The lowest BCUT2D eigenvalue weighted by molar-refractivity contribution is -0.107. The van der Waals surface area contributed by atoms with Crippen molar-refractivity contribution in [1.29, 1.82) is 0 Å². The molecule has 2 aliphatic rings. The van der Waals surface area contributed by atoms with E-state index in [4.69, 9.17) is 9.47 Å². The summed E-state index contributed by atoms with van der Waals surface area (Å²) in [5.41, 5.74) is 0.761. The van der Waals surface area contributed by atoms with Gasteiger partial charge in [-0.25, -0.2) is 9.18 Å². The monoisotopic (exact) mass is 266 g/mol. The first kappa shape index (κ1) is 12.4. The fourth-order valence-corrected chi connectivity index (χ4v) is 2.44. The van der Waals surface area contributed by atoms with Crippen molar-refractivity contribution in [3.8, 4) is 0 Å². The number of halogens is 1. The van der Waals surface area contributed by atoms with Gasteiger partial charge in [-0.3, -0.25) is 9.80 Å². The molecule has 0 radical (unpaired) electrons. The van der Waals surface area contributed by atoms with Gasteiger partial charge in [-0.05, 0) is 12.1 Å². The number of hydrogen-bond donors (Lipinski definition) is 0. The Labute approximate surface area is 110 Å². The molecule has 1 aromatic carbocycles. The molecule has 3 rings (SSSR count). The quantitative estimate of drug-likeness (QED) is 0.815. The van der Waals surface area contributed by atoms with Crippen LogP contribution in [-0.2, 0) is 9.47 Å². The van der Waals surface area contributed by atoms with Gasteiger partial charge in [-0.15, -0.1) is 0 Å². The lowest BCUT2D eigenvalue weighted by atomic mass is 10.2. The Balaban J connectivity index is 1.82. The van der Waals surface area contributed by atoms with Gasteiger partial charge in [0.15, 0.2) is 0 Å². The van der Waals surface area contributed by atoms with E-state index in [9.17, 15) is 9.18 Å². The summed E-state index contributed by atoms with van der Waals surface area (Å²) in [7, 11) is 0. The van der Waals surface area contributed by atoms with E-state index < -0.39 is 12.5 Å². The molecule has 5 nitrogen and oxygen atoms in total. The molecule has 102 valence electrons. The minimum absolute atomic E-state index is 0.157. The second kappa shape index (κ2) is 5.14. The second-order valence-corrected chi connectivity index (χ2v) is 4.54. The smallest absolute Gasteiger partial charge is 0.415 e. The molecule has 0 spiro atoms. The number of morpholine rings is 1. The van der Waals surface area contributed by atoms with Crippen LogP contribution in [0, 0.1) is 0 Å². The van der Waals surface area contributed by atoms with Crippen molar-refractivity contribution >= 4 is 11.8 Å². The van der Waals surface area contributed by atoms with Crippen molar-refractivity contribution in [2.24, 2.45) is 0 Å². The van der Waals surface area contributed by atoms with Gasteiger partial charge >= 0.3 is 6.09 Å². The van der Waals surface area contributed by atoms with Gasteiger partial charge in [0.1, 0.15) is 12.8 Å². The van der Waals surface area contributed by atoms with E-state index in [1.165, 1.54) is 0 Å². The van der Waals surface area contributed by atoms with Crippen LogP contribution >= 0.6 is 0 Å². The van der Waals surface area contributed by atoms with E-state index in [0.29, 0.717) is 13.2 Å². The van der Waals surface area contributed by atoms with Crippen molar-refractivity contribution in [2.45, 2.75) is 12.5 Å². The van der Waals surface area contributed by atoms with Crippen molar-refractivity contribution in [3.63, 3.8) is 0 Å². The number of hydrogen-bond acceptors (Lipinski definition) is 4. The number of anilines is 1. The maximum atomic E-state index is 13.3. The van der Waals surface area contributed by atoms with Crippen molar-refractivity contribution in [1.82, 2.24) is 4.90 Å². The SMILES string of the molecule is O=C1OCC(N2CCOC(F)C2)N1c1ccccc1. The zero-order valence-corrected chi connectivity index (χ0v) is 10.4. The average Bonchev–Trinajstić information content (AvgIpc) is 2.82. The average molecular weight is 266 g/mol. The van der Waals surface area contributed by atoms with Gasteiger partial charge in [-0.2, -0.15) is 0 Å². The van der Waals surface area contributed by atoms with E-state index in [1.54, 1.807) is 4.90 Å². The Morgan fingerprint density at radius 1 is 1.26 bits per heavy atom. The lowest BCUT2D eigenvalue weighted by Gasteiger charge is -2.36. The zero-order chi connectivity index (χ0) is 13.2. The molecule has 0 saturated carbocycles. The maximum Gasteiger partial charge on any atom is 0.415 e. The van der Waals surface area contributed by atoms with Crippen LogP contribution in [0.2, 0.25) is 0 Å². The Hall–Kier alpha value is -1.66. The van der Waals surface area contributed by atoms with Crippen LogP contribution in [0.4, 0.5) is 14.9 Å². The normalized spacial score (nSPS) is 28.5. The number of nitrogens with zero attached hydrogens (tertiary/aromatic N) is 2. The highest BCUT2D eigenvalue weighted by molar-refractivity contribution is 5.90. The third kappa shape index (κ3) is 2.41. The van der Waals surface area contributed by atoms with Crippen molar-refractivity contribution < 1.29 is 18.7 Å². The molecular weight excluding hydrogens is 251 g/mol. The predicted octanol–water partition coefficient (Wildman–Crippen LogP) is 1.60. The molecule has 2 fully saturated rings. The molecule has 6 heteroatoms. The minimum Gasteiger partial charge on any atom is -0.445 e. The number of amides is 1. The number of carbonyl (C=O) groups is 1. The summed E-state index contributed by atoms with van der Waals surface area (Å²) in [6.45, 7) is 1.32. The molecule has 2 unspecified atom stereocenters. The summed E-state index contributed by atoms with van der Waals surface area (Å²) in [5, 5.41) is 0. The summed E-state index contributed by atoms with van der Waals surface area (Å²) in [6, 6.07) is 9.27. The Morgan fingerprint density at radius 3 is 2.79 bits per heavy atom. The van der Waals surface area contributed by atoms with Crippen LogP contribution < -0.4 is 4.90 Å². The molecule has 0 N–H and O–H groups in total. The number of cyclic esters (lactones) is 1. The molecule has 0 aliphatic carbocycles. The summed E-state index contributed by atoms with van der Waals surface area (Å²) < 4.78 is 23.3. The number of ether oxygens (including phenoxy) is 2. The fourth-order valence-electron chi connectivity index (χ4n) is 2.44. The number of carbonyl (C=O) groups excluding carboxylic acids is 1. The molecular formula is C13H15FN2O3. The van der Waals surface area contributed by atoms with Crippen LogP contribution in [0.5, 0.6) is 0 Å². The number of rotatable bonds is 2. The van der Waals surface area contributed by atoms with E-state index in [-0.39, 0.29) is 19.3 Å². The van der Waals surface area contributed by atoms with Crippen LogP contribution in [-0.4, -0.2) is 49.8 Å². The van der Waals surface area contributed by atoms with Crippen LogP contribution in [0.15, 0.2) is 30.3 Å². The first-order chi connectivity index (χ1) is 9.25. The third-order valence-corrected chi connectivity index (χ3v) is 3.36. The summed E-state index contributed by atoms with van der Waals surface area (Å²) >= 11 is 0. The lowest BCUT2D eigenvalue weighted by Crippen LogP contribution is -2.53. The molecule has 1 amide bonds. The highest BCUT2D eigenvalue weighted by Gasteiger charge is 2.40. The first-order valence-corrected chi connectivity index (χ1v) is 6.26. The van der Waals surface area contributed by atoms with Crippen LogP contribution in [0.1, 0.15) is 0 Å². The maximum absolute atomic E-state index is 13.3. The highest BCUT2D eigenvalue weighted by Crippen LogP contribution is 2.26. The number of alkyl halides is 1. The molecule has 1 aromatic rings. The van der Waals surface area contributed by atoms with E-state index in [2.05, 4.69) is 0 Å². The molecule has 2 aliphatic heterocycles. The summed E-state index contributed by atoms with van der Waals surface area (Å²) in [4.78, 5) is 15.3. The third-order valence-electron chi connectivity index (χ3n) is 3.36. The van der Waals surface area contributed by atoms with Gasteiger partial charge < -0.3 is 9.47 Å². The second-order valence-electron chi connectivity index (χ2n) is 4.54. The summed E-state index contributed by atoms with van der Waals surface area (Å²) in [5.74, 6) is 0. The molecule has 2 atom stereocenters. The minimum atomic E-state index is -1.30. The Morgan fingerprint density at radius 2 is 2.05 bits per heavy atom. The van der Waals surface area contributed by atoms with Gasteiger partial charge in [0.05, 0.1) is 13.2 Å². The summed E-state index contributed by atoms with van der Waals surface area (Å²) in [6.07, 6.45) is -1.96. The standard InChI is InChI=1S/C13H15FN2O3/c14-11-8-15(6-7-18-11)12-9-19-13(17)16(12)10-4-2-1-3-5-10/h1-5,11-12H,6-9H2. The number of benzene rings is 1. The Bertz CT molecular complexity index is 456. The predicted molar refractivity (Wildman–Crippen MR) is 66.5 cm³/mol.